The molecule has 0 aromatic carbocycles. The number of likely N-dealkylation sites (tertiary alicyclic amines) is 1. The summed E-state index contributed by atoms with van der Waals surface area (Å²) in [5.41, 5.74) is 0.724. The van der Waals surface area contributed by atoms with Crippen LogP contribution in [0.5, 0.6) is 0 Å². The van der Waals surface area contributed by atoms with Crippen molar-refractivity contribution >= 4 is 11.7 Å². The molecule has 0 unspecified atom stereocenters. The van der Waals surface area contributed by atoms with Gasteiger partial charge < -0.3 is 20.6 Å². The van der Waals surface area contributed by atoms with Crippen LogP contribution in [0.1, 0.15) is 44.9 Å². The van der Waals surface area contributed by atoms with Crippen molar-refractivity contribution in [3.63, 3.8) is 0 Å². The Labute approximate surface area is 143 Å². The lowest BCUT2D eigenvalue weighted by molar-refractivity contribution is 0.118. The summed E-state index contributed by atoms with van der Waals surface area (Å²) in [5.74, 6) is 0. The number of urea groups is 1. The highest BCUT2D eigenvalue weighted by molar-refractivity contribution is 5.89. The molecule has 0 atom stereocenters. The van der Waals surface area contributed by atoms with Crippen LogP contribution in [0.15, 0.2) is 12.4 Å². The molecular weight excluding hydrogens is 306 g/mol. The first kappa shape index (κ1) is 17.2. The quantitative estimate of drug-likeness (QED) is 0.766. The first-order chi connectivity index (χ1) is 11.7. The molecule has 7 nitrogen and oxygen atoms in total. The molecule has 2 amide bonds. The summed E-state index contributed by atoms with van der Waals surface area (Å²) in [6, 6.07) is -0.0329. The van der Waals surface area contributed by atoms with Crippen LogP contribution in [-0.2, 0) is 6.54 Å². The van der Waals surface area contributed by atoms with Crippen LogP contribution in [0, 0.1) is 0 Å². The Bertz CT molecular complexity index is 519. The van der Waals surface area contributed by atoms with Gasteiger partial charge in [-0.3, -0.25) is 4.68 Å². The van der Waals surface area contributed by atoms with Crippen LogP contribution in [0.25, 0.3) is 0 Å². The van der Waals surface area contributed by atoms with Gasteiger partial charge in [-0.05, 0) is 51.6 Å². The predicted molar refractivity (Wildman–Crippen MR) is 92.9 cm³/mol. The Morgan fingerprint density at radius 1 is 1.17 bits per heavy atom. The zero-order valence-corrected chi connectivity index (χ0v) is 14.3. The average molecular weight is 335 g/mol. The zero-order valence-electron chi connectivity index (χ0n) is 14.3. The smallest absolute Gasteiger partial charge is 0.319 e. The number of piperidine rings is 1. The van der Waals surface area contributed by atoms with E-state index in [1.54, 1.807) is 6.20 Å². The minimum absolute atomic E-state index is 0.155. The number of amides is 2. The molecule has 24 heavy (non-hydrogen) atoms. The fraction of sp³-hybridized carbons (Fsp3) is 0.765. The molecule has 0 radical (unpaired) electrons. The number of carbonyl (C=O) groups excluding carboxylic acids is 1. The minimum atomic E-state index is -0.204. The molecule has 3 rings (SSSR count). The maximum absolute atomic E-state index is 12.0. The number of hydrogen-bond donors (Lipinski definition) is 3. The lowest BCUT2D eigenvalue weighted by Gasteiger charge is -2.26. The third-order valence-corrected chi connectivity index (χ3v) is 5.02. The zero-order chi connectivity index (χ0) is 16.8. The van der Waals surface area contributed by atoms with E-state index in [0.29, 0.717) is 0 Å². The fourth-order valence-electron chi connectivity index (χ4n) is 3.55. The van der Waals surface area contributed by atoms with Crippen molar-refractivity contribution in [3.8, 4) is 0 Å². The van der Waals surface area contributed by atoms with E-state index >= 15 is 0 Å². The molecule has 1 saturated carbocycles. The van der Waals surface area contributed by atoms with E-state index in [4.69, 9.17) is 0 Å². The van der Waals surface area contributed by atoms with Gasteiger partial charge in [0.25, 0.3) is 0 Å². The normalized spacial score (nSPS) is 25.4. The Balaban J connectivity index is 1.39. The van der Waals surface area contributed by atoms with Gasteiger partial charge >= 0.3 is 6.03 Å². The maximum Gasteiger partial charge on any atom is 0.319 e. The first-order valence-corrected chi connectivity index (χ1v) is 9.19. The van der Waals surface area contributed by atoms with Gasteiger partial charge in [-0.15, -0.1) is 0 Å². The largest absolute Gasteiger partial charge is 0.393 e. The molecule has 1 aliphatic carbocycles. The molecular formula is C17H29N5O2. The third kappa shape index (κ3) is 5.21. The fourth-order valence-corrected chi connectivity index (χ4v) is 3.55. The van der Waals surface area contributed by atoms with E-state index in [0.717, 1.165) is 44.5 Å². The number of aliphatic hydroxyl groups excluding tert-OH is 1. The molecule has 1 aromatic heterocycles. The van der Waals surface area contributed by atoms with Crippen LogP contribution in [-0.4, -0.2) is 57.6 Å². The van der Waals surface area contributed by atoms with Gasteiger partial charge in [0.1, 0.15) is 0 Å². The second-order valence-electron chi connectivity index (χ2n) is 7.00. The van der Waals surface area contributed by atoms with Crippen LogP contribution in [0.4, 0.5) is 10.5 Å². The highest BCUT2D eigenvalue weighted by atomic mass is 16.3. The van der Waals surface area contributed by atoms with Gasteiger partial charge in [0, 0.05) is 18.8 Å². The number of hydrogen-bond acceptors (Lipinski definition) is 4. The van der Waals surface area contributed by atoms with Crippen LogP contribution < -0.4 is 10.6 Å². The third-order valence-electron chi connectivity index (χ3n) is 5.02. The summed E-state index contributed by atoms with van der Waals surface area (Å²) in [6.45, 7) is 4.23. The monoisotopic (exact) mass is 335 g/mol. The number of carbonyl (C=O) groups is 1. The average Bonchev–Trinajstić information content (AvgIpc) is 3.03. The van der Waals surface area contributed by atoms with E-state index in [1.165, 1.54) is 32.4 Å². The standard InChI is InChI=1S/C17H29N5O2/c23-16-6-4-14(5-7-16)19-17(24)20-15-12-18-22(13-15)11-10-21-8-2-1-3-9-21/h12-14,16,23H,1-11H2,(H2,19,20,24). The molecule has 3 N–H and O–H groups in total. The van der Waals surface area contributed by atoms with E-state index < -0.39 is 0 Å². The van der Waals surface area contributed by atoms with Crippen LogP contribution in [0.2, 0.25) is 0 Å². The Kier molecular flexibility index (Phi) is 6.09. The summed E-state index contributed by atoms with van der Waals surface area (Å²) in [4.78, 5) is 14.5. The number of aromatic nitrogens is 2. The topological polar surface area (TPSA) is 82.4 Å². The second-order valence-corrected chi connectivity index (χ2v) is 7.00. The second kappa shape index (κ2) is 8.48. The van der Waals surface area contributed by atoms with Gasteiger partial charge in [0.05, 0.1) is 24.5 Å². The lowest BCUT2D eigenvalue weighted by Crippen LogP contribution is -2.40. The van der Waals surface area contributed by atoms with Crippen molar-refractivity contribution in [1.82, 2.24) is 20.0 Å². The number of anilines is 1. The SMILES string of the molecule is O=C(Nc1cnn(CCN2CCCCC2)c1)NC1CCC(O)CC1. The summed E-state index contributed by atoms with van der Waals surface area (Å²) >= 11 is 0. The summed E-state index contributed by atoms with van der Waals surface area (Å²) in [6.07, 6.45) is 10.5. The summed E-state index contributed by atoms with van der Waals surface area (Å²) in [7, 11) is 0. The van der Waals surface area contributed by atoms with Gasteiger partial charge in [-0.2, -0.15) is 5.10 Å². The molecule has 1 aliphatic heterocycles. The van der Waals surface area contributed by atoms with Crippen molar-refractivity contribution in [2.24, 2.45) is 0 Å². The van der Waals surface area contributed by atoms with E-state index in [1.807, 2.05) is 10.9 Å². The Hall–Kier alpha value is -1.60. The van der Waals surface area contributed by atoms with Gasteiger partial charge in [-0.25, -0.2) is 4.79 Å². The Morgan fingerprint density at radius 2 is 1.92 bits per heavy atom. The highest BCUT2D eigenvalue weighted by Gasteiger charge is 2.20. The maximum atomic E-state index is 12.0. The molecule has 0 spiro atoms. The predicted octanol–water partition coefficient (Wildman–Crippen LogP) is 1.79. The van der Waals surface area contributed by atoms with E-state index in [-0.39, 0.29) is 18.2 Å². The van der Waals surface area contributed by atoms with Crippen molar-refractivity contribution in [2.45, 2.75) is 63.6 Å². The number of rotatable bonds is 5. The number of aliphatic hydroxyl groups is 1. The molecule has 2 fully saturated rings. The molecule has 7 heteroatoms. The molecule has 1 aromatic rings. The van der Waals surface area contributed by atoms with Crippen LogP contribution in [0.3, 0.4) is 0 Å². The van der Waals surface area contributed by atoms with Crippen molar-refractivity contribution < 1.29 is 9.90 Å². The number of nitrogens with one attached hydrogen (secondary N) is 2. The van der Waals surface area contributed by atoms with Crippen molar-refractivity contribution in [1.29, 1.82) is 0 Å². The molecule has 134 valence electrons. The van der Waals surface area contributed by atoms with Crippen LogP contribution >= 0.6 is 0 Å². The first-order valence-electron chi connectivity index (χ1n) is 9.19. The Morgan fingerprint density at radius 3 is 2.67 bits per heavy atom. The van der Waals surface area contributed by atoms with Crippen molar-refractivity contribution in [2.75, 3.05) is 25.0 Å². The van der Waals surface area contributed by atoms with E-state index in [2.05, 4.69) is 20.6 Å². The minimum Gasteiger partial charge on any atom is -0.393 e. The molecule has 2 heterocycles. The molecule has 2 aliphatic rings. The summed E-state index contributed by atoms with van der Waals surface area (Å²) in [5, 5.41) is 19.6. The number of nitrogens with zero attached hydrogens (tertiary/aromatic N) is 3. The van der Waals surface area contributed by atoms with Gasteiger partial charge in [0.15, 0.2) is 0 Å². The lowest BCUT2D eigenvalue weighted by atomic mass is 9.93. The summed E-state index contributed by atoms with van der Waals surface area (Å²) < 4.78 is 1.89. The van der Waals surface area contributed by atoms with Gasteiger partial charge in [0.2, 0.25) is 0 Å². The molecule has 1 saturated heterocycles. The highest BCUT2D eigenvalue weighted by Crippen LogP contribution is 2.18. The van der Waals surface area contributed by atoms with Crippen molar-refractivity contribution in [3.05, 3.63) is 12.4 Å². The molecule has 0 bridgehead atoms. The van der Waals surface area contributed by atoms with E-state index in [9.17, 15) is 9.90 Å². The van der Waals surface area contributed by atoms with Gasteiger partial charge in [-0.1, -0.05) is 6.42 Å².